The fraction of sp³-hybridized carbons (Fsp3) is 0.200. The predicted octanol–water partition coefficient (Wildman–Crippen LogP) is 1.91. The van der Waals surface area contributed by atoms with Gasteiger partial charge in [-0.2, -0.15) is 4.98 Å². The zero-order valence-corrected chi connectivity index (χ0v) is 10.2. The summed E-state index contributed by atoms with van der Waals surface area (Å²) in [5, 5.41) is 12.3. The highest BCUT2D eigenvalue weighted by Crippen LogP contribution is 2.22. The van der Waals surface area contributed by atoms with Crippen molar-refractivity contribution in [3.63, 3.8) is 0 Å². The number of pyridine rings is 1. The summed E-state index contributed by atoms with van der Waals surface area (Å²) in [5.74, 6) is -0.262. The normalized spacial score (nSPS) is 10.4. The Bertz CT molecular complexity index is 541. The van der Waals surface area contributed by atoms with Crippen LogP contribution in [-0.2, 0) is 11.2 Å². The van der Waals surface area contributed by atoms with E-state index >= 15 is 0 Å². The van der Waals surface area contributed by atoms with Crippen molar-refractivity contribution in [3.05, 3.63) is 28.7 Å². The molecule has 0 atom stereocenters. The fourth-order valence-corrected chi connectivity index (χ4v) is 1.65. The van der Waals surface area contributed by atoms with Crippen LogP contribution in [0.25, 0.3) is 11.5 Å². The van der Waals surface area contributed by atoms with E-state index in [2.05, 4.69) is 31.1 Å². The molecule has 88 valence electrons. The number of rotatable bonds is 4. The molecule has 2 heterocycles. The molecule has 0 aliphatic heterocycles. The number of aryl methyl sites for hydroxylation is 1. The van der Waals surface area contributed by atoms with Crippen molar-refractivity contribution in [1.82, 2.24) is 15.1 Å². The number of hydrogen-bond acceptors (Lipinski definition) is 5. The van der Waals surface area contributed by atoms with Gasteiger partial charge in [-0.15, -0.1) is 0 Å². The molecule has 2 aromatic heterocycles. The third kappa shape index (κ3) is 2.88. The first-order chi connectivity index (χ1) is 8.16. The van der Waals surface area contributed by atoms with Crippen LogP contribution in [0.4, 0.5) is 0 Å². The van der Waals surface area contributed by atoms with Gasteiger partial charge in [0.2, 0.25) is 11.7 Å². The van der Waals surface area contributed by atoms with Gasteiger partial charge in [-0.05, 0) is 28.1 Å². The van der Waals surface area contributed by atoms with Crippen LogP contribution in [0.2, 0.25) is 0 Å². The van der Waals surface area contributed by atoms with E-state index in [4.69, 9.17) is 9.63 Å². The lowest BCUT2D eigenvalue weighted by Gasteiger charge is -1.95. The van der Waals surface area contributed by atoms with Gasteiger partial charge in [0.1, 0.15) is 5.69 Å². The van der Waals surface area contributed by atoms with Gasteiger partial charge in [0.15, 0.2) is 0 Å². The average Bonchev–Trinajstić information content (AvgIpc) is 2.75. The minimum absolute atomic E-state index is 0.0367. The standard InChI is InChI=1S/C10H8BrN3O3/c11-6-2-1-5-12-9(6)10-13-7(17-14-10)3-4-8(15)16/h1-2,5H,3-4H2,(H,15,16). The number of aromatic nitrogens is 3. The maximum absolute atomic E-state index is 10.4. The second-order valence-electron chi connectivity index (χ2n) is 3.24. The Morgan fingerprint density at radius 3 is 3.06 bits per heavy atom. The summed E-state index contributed by atoms with van der Waals surface area (Å²) in [7, 11) is 0. The monoisotopic (exact) mass is 297 g/mol. The summed E-state index contributed by atoms with van der Waals surface area (Å²) in [6.07, 6.45) is 1.80. The van der Waals surface area contributed by atoms with Crippen LogP contribution < -0.4 is 0 Å². The van der Waals surface area contributed by atoms with E-state index < -0.39 is 5.97 Å². The summed E-state index contributed by atoms with van der Waals surface area (Å²) in [4.78, 5) is 18.6. The predicted molar refractivity (Wildman–Crippen MR) is 61.2 cm³/mol. The van der Waals surface area contributed by atoms with E-state index in [0.717, 1.165) is 4.47 Å². The Morgan fingerprint density at radius 2 is 2.35 bits per heavy atom. The van der Waals surface area contributed by atoms with Crippen LogP contribution in [0.5, 0.6) is 0 Å². The van der Waals surface area contributed by atoms with Crippen LogP contribution >= 0.6 is 15.9 Å². The molecular formula is C10H8BrN3O3. The topological polar surface area (TPSA) is 89.1 Å². The molecule has 0 unspecified atom stereocenters. The quantitative estimate of drug-likeness (QED) is 0.927. The average molecular weight is 298 g/mol. The molecule has 2 rings (SSSR count). The van der Waals surface area contributed by atoms with Crippen LogP contribution in [0.15, 0.2) is 27.3 Å². The Labute approximate surface area is 105 Å². The fourth-order valence-electron chi connectivity index (χ4n) is 1.22. The van der Waals surface area contributed by atoms with Gasteiger partial charge >= 0.3 is 5.97 Å². The first-order valence-corrected chi connectivity index (χ1v) is 5.61. The van der Waals surface area contributed by atoms with Crippen molar-refractivity contribution in [1.29, 1.82) is 0 Å². The number of aliphatic carboxylic acids is 1. The number of nitrogens with zero attached hydrogens (tertiary/aromatic N) is 3. The van der Waals surface area contributed by atoms with E-state index in [1.807, 2.05) is 6.07 Å². The summed E-state index contributed by atoms with van der Waals surface area (Å²) in [6.45, 7) is 0. The molecule has 0 saturated carbocycles. The van der Waals surface area contributed by atoms with Gasteiger partial charge in [0.05, 0.1) is 6.42 Å². The van der Waals surface area contributed by atoms with Gasteiger partial charge in [0.25, 0.3) is 0 Å². The van der Waals surface area contributed by atoms with Gasteiger partial charge in [-0.25, -0.2) is 0 Å². The summed E-state index contributed by atoms with van der Waals surface area (Å²) < 4.78 is 5.69. The third-order valence-corrected chi connectivity index (χ3v) is 2.63. The number of carbonyl (C=O) groups is 1. The zero-order chi connectivity index (χ0) is 12.3. The number of carboxylic acid groups (broad SMARTS) is 1. The molecule has 0 fully saturated rings. The van der Waals surface area contributed by atoms with E-state index in [1.165, 1.54) is 0 Å². The molecule has 0 aromatic carbocycles. The maximum Gasteiger partial charge on any atom is 0.303 e. The molecule has 0 saturated heterocycles. The lowest BCUT2D eigenvalue weighted by Crippen LogP contribution is -1.97. The molecule has 0 radical (unpaired) electrons. The molecule has 0 aliphatic carbocycles. The largest absolute Gasteiger partial charge is 0.481 e. The Kier molecular flexibility index (Phi) is 3.48. The van der Waals surface area contributed by atoms with Crippen molar-refractivity contribution in [3.8, 4) is 11.5 Å². The highest BCUT2D eigenvalue weighted by Gasteiger charge is 2.13. The minimum Gasteiger partial charge on any atom is -0.481 e. The molecule has 2 aromatic rings. The van der Waals surface area contributed by atoms with E-state index in [9.17, 15) is 4.79 Å². The van der Waals surface area contributed by atoms with Gasteiger partial charge in [0, 0.05) is 17.1 Å². The zero-order valence-electron chi connectivity index (χ0n) is 8.63. The second kappa shape index (κ2) is 5.05. The molecule has 0 bridgehead atoms. The van der Waals surface area contributed by atoms with Gasteiger partial charge in [-0.1, -0.05) is 5.16 Å². The SMILES string of the molecule is O=C(O)CCc1nc(-c2ncccc2Br)no1. The van der Waals surface area contributed by atoms with E-state index in [1.54, 1.807) is 12.3 Å². The molecule has 0 amide bonds. The van der Waals surface area contributed by atoms with Crippen LogP contribution in [-0.4, -0.2) is 26.2 Å². The molecule has 7 heteroatoms. The first-order valence-electron chi connectivity index (χ1n) is 4.82. The van der Waals surface area contributed by atoms with Crippen molar-refractivity contribution >= 4 is 21.9 Å². The van der Waals surface area contributed by atoms with Crippen molar-refractivity contribution in [2.45, 2.75) is 12.8 Å². The lowest BCUT2D eigenvalue weighted by molar-refractivity contribution is -0.137. The smallest absolute Gasteiger partial charge is 0.303 e. The van der Waals surface area contributed by atoms with Crippen molar-refractivity contribution in [2.24, 2.45) is 0 Å². The number of hydrogen-bond donors (Lipinski definition) is 1. The molecule has 0 aliphatic rings. The Morgan fingerprint density at radius 1 is 1.53 bits per heavy atom. The van der Waals surface area contributed by atoms with Gasteiger partial charge in [-0.3, -0.25) is 9.78 Å². The Hall–Kier alpha value is -1.76. The van der Waals surface area contributed by atoms with Crippen molar-refractivity contribution in [2.75, 3.05) is 0 Å². The molecule has 6 nitrogen and oxygen atoms in total. The maximum atomic E-state index is 10.4. The van der Waals surface area contributed by atoms with Crippen LogP contribution in [0.1, 0.15) is 12.3 Å². The number of carboxylic acids is 1. The highest BCUT2D eigenvalue weighted by atomic mass is 79.9. The highest BCUT2D eigenvalue weighted by molar-refractivity contribution is 9.10. The lowest BCUT2D eigenvalue weighted by atomic mass is 10.3. The molecule has 17 heavy (non-hydrogen) atoms. The molecule has 1 N–H and O–H groups in total. The third-order valence-electron chi connectivity index (χ3n) is 1.99. The Balaban J connectivity index is 2.18. The number of halogens is 1. The molecular weight excluding hydrogens is 290 g/mol. The summed E-state index contributed by atoms with van der Waals surface area (Å²) >= 11 is 3.33. The molecule has 0 spiro atoms. The van der Waals surface area contributed by atoms with Gasteiger partial charge < -0.3 is 9.63 Å². The van der Waals surface area contributed by atoms with Crippen molar-refractivity contribution < 1.29 is 14.4 Å². The van der Waals surface area contributed by atoms with Crippen LogP contribution in [0, 0.1) is 0 Å². The summed E-state index contributed by atoms with van der Waals surface area (Å²) in [6, 6.07) is 3.59. The van der Waals surface area contributed by atoms with E-state index in [0.29, 0.717) is 17.4 Å². The first kappa shape index (κ1) is 11.7. The van der Waals surface area contributed by atoms with E-state index in [-0.39, 0.29) is 12.8 Å². The minimum atomic E-state index is -0.899. The second-order valence-corrected chi connectivity index (χ2v) is 4.09. The summed E-state index contributed by atoms with van der Waals surface area (Å²) in [5.41, 5.74) is 0.567. The van der Waals surface area contributed by atoms with Crippen LogP contribution in [0.3, 0.4) is 0 Å².